The Balaban J connectivity index is 1.97. The van der Waals surface area contributed by atoms with E-state index in [9.17, 15) is 22.8 Å². The molecule has 7 nitrogen and oxygen atoms in total. The van der Waals surface area contributed by atoms with Crippen LogP contribution in [0.4, 0.5) is 18.9 Å². The molecule has 1 heterocycles. The first kappa shape index (κ1) is 22.3. The number of nitrogens with one attached hydrogen (secondary N) is 1. The fraction of sp³-hybridized carbons (Fsp3) is 0.333. The number of rotatable bonds is 7. The number of carbonyl (C=O) groups is 2. The Labute approximate surface area is 176 Å². The van der Waals surface area contributed by atoms with Crippen molar-refractivity contribution in [1.29, 1.82) is 0 Å². The second kappa shape index (κ2) is 9.15. The van der Waals surface area contributed by atoms with Crippen LogP contribution in [0.1, 0.15) is 23.6 Å². The van der Waals surface area contributed by atoms with Gasteiger partial charge in [0.25, 0.3) is 0 Å². The van der Waals surface area contributed by atoms with Crippen LogP contribution in [-0.4, -0.2) is 33.0 Å². The predicted octanol–water partition coefficient (Wildman–Crippen LogP) is 3.94. The van der Waals surface area contributed by atoms with Gasteiger partial charge in [-0.2, -0.15) is 13.2 Å². The Morgan fingerprint density at radius 3 is 2.35 bits per heavy atom. The largest absolute Gasteiger partial charge is 0.468 e. The molecule has 1 aliphatic heterocycles. The highest BCUT2D eigenvalue weighted by Gasteiger charge is 2.34. The summed E-state index contributed by atoms with van der Waals surface area (Å²) in [5.41, 5.74) is -0.124. The third kappa shape index (κ3) is 5.19. The molecule has 0 amide bonds. The predicted molar refractivity (Wildman–Crippen MR) is 103 cm³/mol. The number of methoxy groups -OCH3 is 2. The number of fused-ring (bicyclic) bond motifs is 1. The van der Waals surface area contributed by atoms with Gasteiger partial charge in [0.2, 0.25) is 6.79 Å². The van der Waals surface area contributed by atoms with Crippen molar-refractivity contribution in [2.24, 2.45) is 5.92 Å². The quantitative estimate of drug-likeness (QED) is 0.517. The number of alkyl halides is 3. The monoisotopic (exact) mass is 439 g/mol. The second-order valence-corrected chi connectivity index (χ2v) is 6.72. The van der Waals surface area contributed by atoms with E-state index < -0.39 is 35.6 Å². The summed E-state index contributed by atoms with van der Waals surface area (Å²) < 4.78 is 59.6. The second-order valence-electron chi connectivity index (χ2n) is 6.72. The van der Waals surface area contributed by atoms with E-state index in [1.165, 1.54) is 12.1 Å². The molecule has 0 aliphatic carbocycles. The van der Waals surface area contributed by atoms with Gasteiger partial charge in [-0.3, -0.25) is 9.59 Å². The minimum absolute atomic E-state index is 0.0581. The van der Waals surface area contributed by atoms with Gasteiger partial charge in [0.1, 0.15) is 0 Å². The highest BCUT2D eigenvalue weighted by atomic mass is 19.4. The van der Waals surface area contributed by atoms with Crippen molar-refractivity contribution in [2.45, 2.75) is 18.6 Å². The Hall–Kier alpha value is -3.43. The van der Waals surface area contributed by atoms with Gasteiger partial charge in [0.05, 0.1) is 25.8 Å². The highest BCUT2D eigenvalue weighted by Crippen LogP contribution is 2.37. The topological polar surface area (TPSA) is 83.1 Å². The van der Waals surface area contributed by atoms with Crippen molar-refractivity contribution in [3.63, 3.8) is 0 Å². The molecule has 166 valence electrons. The number of carbonyl (C=O) groups excluding carboxylic acids is 2. The van der Waals surface area contributed by atoms with Crippen molar-refractivity contribution < 1.29 is 41.7 Å². The maximum absolute atomic E-state index is 13.2. The normalized spacial score (nSPS) is 13.6. The zero-order valence-electron chi connectivity index (χ0n) is 16.7. The van der Waals surface area contributed by atoms with Crippen molar-refractivity contribution in [3.8, 4) is 11.5 Å². The first-order chi connectivity index (χ1) is 14.7. The zero-order chi connectivity index (χ0) is 22.6. The van der Waals surface area contributed by atoms with Crippen LogP contribution in [0.25, 0.3) is 0 Å². The molecule has 1 N–H and O–H groups in total. The van der Waals surface area contributed by atoms with E-state index in [4.69, 9.17) is 9.47 Å². The number of anilines is 1. The molecule has 0 fully saturated rings. The molecule has 1 aliphatic rings. The number of hydrogen-bond acceptors (Lipinski definition) is 7. The van der Waals surface area contributed by atoms with Crippen LogP contribution in [0.3, 0.4) is 0 Å². The van der Waals surface area contributed by atoms with E-state index in [1.807, 2.05) is 0 Å². The van der Waals surface area contributed by atoms with Crippen LogP contribution in [-0.2, 0) is 25.2 Å². The highest BCUT2D eigenvalue weighted by molar-refractivity contribution is 5.94. The zero-order valence-corrected chi connectivity index (χ0v) is 16.7. The molecule has 0 bridgehead atoms. The number of halogens is 3. The van der Waals surface area contributed by atoms with Gasteiger partial charge < -0.3 is 24.3 Å². The first-order valence-electron chi connectivity index (χ1n) is 9.22. The molecular formula is C21H20F3NO6. The standard InChI is InChI=1S/C21H20F3NO6/c1-28-19(26)15(20(27)29-2)10-16(12-4-3-5-13(8-12)21(22,23)24)25-14-6-7-17-18(9-14)31-11-30-17/h3-9,15-16,25H,10-11H2,1-2H3/t16-/m0/s1. The molecule has 2 aromatic carbocycles. The summed E-state index contributed by atoms with van der Waals surface area (Å²) in [5.74, 6) is -2.04. The van der Waals surface area contributed by atoms with E-state index in [1.54, 1.807) is 18.2 Å². The third-order valence-electron chi connectivity index (χ3n) is 4.77. The molecule has 0 saturated heterocycles. The smallest absolute Gasteiger partial charge is 0.416 e. The number of esters is 2. The summed E-state index contributed by atoms with van der Waals surface area (Å²) in [6, 6.07) is 8.71. The molecular weight excluding hydrogens is 419 g/mol. The number of benzene rings is 2. The molecule has 10 heteroatoms. The molecule has 0 saturated carbocycles. The van der Waals surface area contributed by atoms with Gasteiger partial charge >= 0.3 is 18.1 Å². The maximum Gasteiger partial charge on any atom is 0.416 e. The molecule has 1 atom stereocenters. The van der Waals surface area contributed by atoms with Crippen molar-refractivity contribution in [2.75, 3.05) is 26.3 Å². The molecule has 0 aromatic heterocycles. The lowest BCUT2D eigenvalue weighted by molar-refractivity contribution is -0.159. The van der Waals surface area contributed by atoms with E-state index in [2.05, 4.69) is 14.8 Å². The van der Waals surface area contributed by atoms with Crippen LogP contribution in [0, 0.1) is 5.92 Å². The Morgan fingerprint density at radius 1 is 1.03 bits per heavy atom. The Bertz CT molecular complexity index is 946. The van der Waals surface area contributed by atoms with Crippen LogP contribution < -0.4 is 14.8 Å². The molecule has 3 rings (SSSR count). The van der Waals surface area contributed by atoms with Crippen molar-refractivity contribution in [1.82, 2.24) is 0 Å². The lowest BCUT2D eigenvalue weighted by Crippen LogP contribution is -2.30. The first-order valence-corrected chi connectivity index (χ1v) is 9.22. The lowest BCUT2D eigenvalue weighted by Gasteiger charge is -2.24. The Morgan fingerprint density at radius 2 is 1.71 bits per heavy atom. The fourth-order valence-corrected chi connectivity index (χ4v) is 3.21. The summed E-state index contributed by atoms with van der Waals surface area (Å²) in [4.78, 5) is 24.3. The minimum atomic E-state index is -4.55. The molecule has 0 spiro atoms. The van der Waals surface area contributed by atoms with Gasteiger partial charge in [0.15, 0.2) is 17.4 Å². The van der Waals surface area contributed by atoms with Gasteiger partial charge in [-0.15, -0.1) is 0 Å². The van der Waals surface area contributed by atoms with E-state index in [0.29, 0.717) is 17.2 Å². The van der Waals surface area contributed by atoms with Gasteiger partial charge in [0, 0.05) is 11.8 Å². The average molecular weight is 439 g/mol. The molecule has 0 unspecified atom stereocenters. The van der Waals surface area contributed by atoms with Crippen molar-refractivity contribution in [3.05, 3.63) is 53.6 Å². The van der Waals surface area contributed by atoms with Crippen LogP contribution >= 0.6 is 0 Å². The minimum Gasteiger partial charge on any atom is -0.468 e. The van der Waals surface area contributed by atoms with Crippen molar-refractivity contribution >= 4 is 17.6 Å². The summed E-state index contributed by atoms with van der Waals surface area (Å²) >= 11 is 0. The summed E-state index contributed by atoms with van der Waals surface area (Å²) in [6.07, 6.45) is -4.75. The van der Waals surface area contributed by atoms with E-state index in [0.717, 1.165) is 26.4 Å². The van der Waals surface area contributed by atoms with Gasteiger partial charge in [-0.1, -0.05) is 12.1 Å². The van der Waals surface area contributed by atoms with E-state index >= 15 is 0 Å². The third-order valence-corrected chi connectivity index (χ3v) is 4.77. The lowest BCUT2D eigenvalue weighted by atomic mass is 9.93. The number of ether oxygens (including phenoxy) is 4. The molecule has 0 radical (unpaired) electrons. The molecule has 31 heavy (non-hydrogen) atoms. The van der Waals surface area contributed by atoms with Crippen LogP contribution in [0.15, 0.2) is 42.5 Å². The van der Waals surface area contributed by atoms with Crippen LogP contribution in [0.2, 0.25) is 0 Å². The summed E-state index contributed by atoms with van der Waals surface area (Å²) in [5, 5.41) is 3.07. The van der Waals surface area contributed by atoms with Crippen LogP contribution in [0.5, 0.6) is 11.5 Å². The summed E-state index contributed by atoms with van der Waals surface area (Å²) in [6.45, 7) is 0.0581. The van der Waals surface area contributed by atoms with E-state index in [-0.39, 0.29) is 18.8 Å². The average Bonchev–Trinajstić information content (AvgIpc) is 3.23. The Kier molecular flexibility index (Phi) is 6.57. The SMILES string of the molecule is COC(=O)C(C[C@H](Nc1ccc2c(c1)OCO2)c1cccc(C(F)(F)F)c1)C(=O)OC. The summed E-state index contributed by atoms with van der Waals surface area (Å²) in [7, 11) is 2.23. The van der Waals surface area contributed by atoms with Gasteiger partial charge in [-0.05, 0) is 36.2 Å². The fourth-order valence-electron chi connectivity index (χ4n) is 3.21. The maximum atomic E-state index is 13.2. The van der Waals surface area contributed by atoms with Gasteiger partial charge in [-0.25, -0.2) is 0 Å². The molecule has 2 aromatic rings. The number of hydrogen-bond donors (Lipinski definition) is 1.